The minimum atomic E-state index is -1.73. The van der Waals surface area contributed by atoms with Crippen LogP contribution in [0.2, 0.25) is 0 Å². The van der Waals surface area contributed by atoms with E-state index in [9.17, 15) is 14.7 Å². The number of rotatable bonds is 3. The molecule has 1 aliphatic rings. The predicted octanol–water partition coefficient (Wildman–Crippen LogP) is 3.36. The molecule has 1 heterocycles. The molecular formula is C20H16O5. The molecule has 2 unspecified atom stereocenters. The number of esters is 1. The summed E-state index contributed by atoms with van der Waals surface area (Å²) in [6, 6.07) is 16.7. The Kier molecular flexibility index (Phi) is 3.39. The van der Waals surface area contributed by atoms with Gasteiger partial charge in [0.05, 0.1) is 7.11 Å². The molecular weight excluding hydrogens is 320 g/mol. The van der Waals surface area contributed by atoms with E-state index in [4.69, 9.17) is 9.15 Å². The quantitative estimate of drug-likeness (QED) is 0.586. The van der Waals surface area contributed by atoms with Crippen molar-refractivity contribution in [2.24, 2.45) is 5.41 Å². The van der Waals surface area contributed by atoms with E-state index in [1.54, 1.807) is 0 Å². The van der Waals surface area contributed by atoms with E-state index in [1.807, 2.05) is 54.6 Å². The van der Waals surface area contributed by atoms with Crippen LogP contribution in [0.25, 0.3) is 11.0 Å². The first-order chi connectivity index (χ1) is 12.1. The second-order valence-electron chi connectivity index (χ2n) is 6.22. The van der Waals surface area contributed by atoms with Gasteiger partial charge in [0.25, 0.3) is 0 Å². The zero-order chi connectivity index (χ0) is 17.6. The van der Waals surface area contributed by atoms with Crippen LogP contribution in [0.4, 0.5) is 0 Å². The van der Waals surface area contributed by atoms with Crippen LogP contribution < -0.4 is 0 Å². The van der Waals surface area contributed by atoms with Gasteiger partial charge in [-0.3, -0.25) is 9.59 Å². The summed E-state index contributed by atoms with van der Waals surface area (Å²) < 4.78 is 10.8. The summed E-state index contributed by atoms with van der Waals surface area (Å²) in [6.07, 6.45) is -0.0292. The first kappa shape index (κ1) is 15.4. The van der Waals surface area contributed by atoms with Crippen molar-refractivity contribution >= 4 is 22.9 Å². The Balaban J connectivity index is 2.04. The third kappa shape index (κ3) is 2.02. The van der Waals surface area contributed by atoms with Gasteiger partial charge in [0.2, 0.25) is 0 Å². The lowest BCUT2D eigenvalue weighted by Crippen LogP contribution is -2.44. The molecule has 5 nitrogen and oxygen atoms in total. The number of carbonyl (C=O) groups is 2. The highest BCUT2D eigenvalue weighted by molar-refractivity contribution is 6.04. The largest absolute Gasteiger partial charge is 0.480 e. The second kappa shape index (κ2) is 5.48. The molecule has 1 N–H and O–H groups in total. The highest BCUT2D eigenvalue weighted by Gasteiger charge is 2.61. The number of fused-ring (bicyclic) bond motifs is 3. The molecule has 1 aliphatic carbocycles. The number of carboxylic acid groups (broad SMARTS) is 1. The number of ether oxygens (including phenoxy) is 1. The van der Waals surface area contributed by atoms with Gasteiger partial charge < -0.3 is 14.3 Å². The monoisotopic (exact) mass is 336 g/mol. The predicted molar refractivity (Wildman–Crippen MR) is 90.3 cm³/mol. The third-order valence-electron chi connectivity index (χ3n) is 5.00. The Labute approximate surface area is 143 Å². The van der Waals surface area contributed by atoms with Crippen LogP contribution in [0.5, 0.6) is 0 Å². The van der Waals surface area contributed by atoms with Crippen LogP contribution >= 0.6 is 0 Å². The Bertz CT molecular complexity index is 972. The average Bonchev–Trinajstić information content (AvgIpc) is 3.15. The fraction of sp³-hybridized carbons (Fsp3) is 0.200. The summed E-state index contributed by atoms with van der Waals surface area (Å²) in [4.78, 5) is 24.9. The zero-order valence-corrected chi connectivity index (χ0v) is 13.6. The van der Waals surface area contributed by atoms with Crippen molar-refractivity contribution in [2.75, 3.05) is 7.11 Å². The van der Waals surface area contributed by atoms with Gasteiger partial charge in [-0.05, 0) is 11.6 Å². The second-order valence-corrected chi connectivity index (χ2v) is 6.22. The van der Waals surface area contributed by atoms with Gasteiger partial charge in [-0.2, -0.15) is 0 Å². The van der Waals surface area contributed by atoms with Crippen molar-refractivity contribution in [2.45, 2.75) is 12.3 Å². The fourth-order valence-electron chi connectivity index (χ4n) is 3.92. The highest BCUT2D eigenvalue weighted by Crippen LogP contribution is 2.54. The number of methoxy groups -OCH3 is 1. The summed E-state index contributed by atoms with van der Waals surface area (Å²) in [6.45, 7) is 0. The van der Waals surface area contributed by atoms with Gasteiger partial charge in [0.15, 0.2) is 5.41 Å². The van der Waals surface area contributed by atoms with Crippen LogP contribution in [0.15, 0.2) is 59.0 Å². The van der Waals surface area contributed by atoms with E-state index in [-0.39, 0.29) is 6.42 Å². The summed E-state index contributed by atoms with van der Waals surface area (Å²) in [7, 11) is 1.22. The Morgan fingerprint density at radius 3 is 2.48 bits per heavy atom. The van der Waals surface area contributed by atoms with Gasteiger partial charge in [-0.1, -0.05) is 48.5 Å². The van der Waals surface area contributed by atoms with Crippen molar-refractivity contribution in [3.05, 3.63) is 71.5 Å². The summed E-state index contributed by atoms with van der Waals surface area (Å²) >= 11 is 0. The molecule has 0 aliphatic heterocycles. The number of benzene rings is 2. The van der Waals surface area contributed by atoms with Crippen molar-refractivity contribution < 1.29 is 23.8 Å². The number of carbonyl (C=O) groups excluding carboxylic acids is 1. The van der Waals surface area contributed by atoms with E-state index in [0.29, 0.717) is 11.3 Å². The standard InChI is InChI=1S/C20H16O5/c1-24-19(23)20(18(21)22)11-15-16(13-9-5-6-10-14(13)25-15)17(20)12-7-3-2-4-8-12/h2-10,17H,11H2,1H3,(H,21,22). The van der Waals surface area contributed by atoms with Gasteiger partial charge in [0, 0.05) is 23.3 Å². The lowest BCUT2D eigenvalue weighted by atomic mass is 9.72. The number of carboxylic acids is 1. The number of hydrogen-bond donors (Lipinski definition) is 1. The molecule has 5 heteroatoms. The van der Waals surface area contributed by atoms with E-state index < -0.39 is 23.3 Å². The van der Waals surface area contributed by atoms with Crippen molar-refractivity contribution in [1.82, 2.24) is 0 Å². The number of aliphatic carboxylic acids is 1. The maximum Gasteiger partial charge on any atom is 0.324 e. The summed E-state index contributed by atoms with van der Waals surface area (Å²) in [5.74, 6) is -2.10. The van der Waals surface area contributed by atoms with Gasteiger partial charge >= 0.3 is 11.9 Å². The zero-order valence-electron chi connectivity index (χ0n) is 13.6. The fourth-order valence-corrected chi connectivity index (χ4v) is 3.92. The molecule has 0 amide bonds. The van der Waals surface area contributed by atoms with Crippen LogP contribution in [0, 0.1) is 5.41 Å². The van der Waals surface area contributed by atoms with E-state index >= 15 is 0 Å². The number of furan rings is 1. The third-order valence-corrected chi connectivity index (χ3v) is 5.00. The minimum absolute atomic E-state index is 0.0292. The Morgan fingerprint density at radius 1 is 1.12 bits per heavy atom. The van der Waals surface area contributed by atoms with E-state index in [1.165, 1.54) is 7.11 Å². The summed E-state index contributed by atoms with van der Waals surface area (Å²) in [5, 5.41) is 10.8. The van der Waals surface area contributed by atoms with Gasteiger partial charge in [-0.15, -0.1) is 0 Å². The molecule has 126 valence electrons. The molecule has 1 aromatic heterocycles. The molecule has 0 saturated heterocycles. The number of para-hydroxylation sites is 1. The molecule has 25 heavy (non-hydrogen) atoms. The topological polar surface area (TPSA) is 76.7 Å². The highest BCUT2D eigenvalue weighted by atomic mass is 16.5. The molecule has 0 saturated carbocycles. The first-order valence-corrected chi connectivity index (χ1v) is 7.96. The molecule has 3 aromatic rings. The lowest BCUT2D eigenvalue weighted by molar-refractivity contribution is -0.167. The van der Waals surface area contributed by atoms with Gasteiger partial charge in [-0.25, -0.2) is 0 Å². The minimum Gasteiger partial charge on any atom is -0.480 e. The average molecular weight is 336 g/mol. The Morgan fingerprint density at radius 2 is 1.80 bits per heavy atom. The van der Waals surface area contributed by atoms with E-state index in [2.05, 4.69) is 0 Å². The summed E-state index contributed by atoms with van der Waals surface area (Å²) in [5.41, 5.74) is 0.474. The first-order valence-electron chi connectivity index (χ1n) is 7.96. The molecule has 0 spiro atoms. The van der Waals surface area contributed by atoms with Gasteiger partial charge in [0.1, 0.15) is 11.3 Å². The molecule has 2 aromatic carbocycles. The molecule has 2 atom stereocenters. The Hall–Kier alpha value is -3.08. The lowest BCUT2D eigenvalue weighted by Gasteiger charge is -2.29. The van der Waals surface area contributed by atoms with Crippen LogP contribution in [-0.4, -0.2) is 24.2 Å². The van der Waals surface area contributed by atoms with Crippen LogP contribution in [0.3, 0.4) is 0 Å². The van der Waals surface area contributed by atoms with Crippen molar-refractivity contribution in [1.29, 1.82) is 0 Å². The smallest absolute Gasteiger partial charge is 0.324 e. The molecule has 0 fully saturated rings. The maximum absolute atomic E-state index is 12.6. The van der Waals surface area contributed by atoms with E-state index in [0.717, 1.165) is 16.5 Å². The maximum atomic E-state index is 12.6. The SMILES string of the molecule is COC(=O)C1(C(=O)O)Cc2oc3ccccc3c2C1c1ccccc1. The molecule has 0 radical (unpaired) electrons. The van der Waals surface area contributed by atoms with Crippen molar-refractivity contribution in [3.63, 3.8) is 0 Å². The number of hydrogen-bond acceptors (Lipinski definition) is 4. The van der Waals surface area contributed by atoms with Crippen LogP contribution in [-0.2, 0) is 20.7 Å². The normalized spacial score (nSPS) is 21.9. The molecule has 4 rings (SSSR count). The van der Waals surface area contributed by atoms with Crippen molar-refractivity contribution in [3.8, 4) is 0 Å². The molecule has 0 bridgehead atoms. The van der Waals surface area contributed by atoms with Crippen LogP contribution in [0.1, 0.15) is 22.8 Å².